The number of aryl methyl sites for hydroxylation is 1. The van der Waals surface area contributed by atoms with Crippen LogP contribution in [-0.2, 0) is 0 Å². The van der Waals surface area contributed by atoms with Gasteiger partial charge in [0.1, 0.15) is 5.56 Å². The van der Waals surface area contributed by atoms with Gasteiger partial charge < -0.3 is 26.0 Å². The van der Waals surface area contributed by atoms with Gasteiger partial charge in [0.05, 0.1) is 22.3 Å². The number of rotatable bonds is 3. The fourth-order valence-electron chi connectivity index (χ4n) is 3.94. The molecule has 26 heavy (non-hydrogen) atoms. The molecule has 1 saturated heterocycles. The number of nitrogens with two attached hydrogens (primary N) is 2. The first-order valence-electron chi connectivity index (χ1n) is 8.71. The van der Waals surface area contributed by atoms with Gasteiger partial charge in [0, 0.05) is 31.4 Å². The third-order valence-electron chi connectivity index (χ3n) is 5.37. The number of halogens is 1. The molecule has 4 rings (SSSR count). The second-order valence-corrected chi connectivity index (χ2v) is 7.24. The van der Waals surface area contributed by atoms with E-state index in [1.165, 1.54) is 6.20 Å². The van der Waals surface area contributed by atoms with Crippen molar-refractivity contribution in [2.75, 3.05) is 23.7 Å². The SMILES string of the molecule is Cc1c(N2CC[C@@H](N)C2)c(F)c(N)c2c(=O)c(C(=O)O)cn(C3CC3)c12. The van der Waals surface area contributed by atoms with E-state index in [-0.39, 0.29) is 28.7 Å². The van der Waals surface area contributed by atoms with Crippen molar-refractivity contribution >= 4 is 28.2 Å². The number of hydrogen-bond acceptors (Lipinski definition) is 5. The highest BCUT2D eigenvalue weighted by Crippen LogP contribution is 2.42. The van der Waals surface area contributed by atoms with E-state index in [0.717, 1.165) is 19.3 Å². The van der Waals surface area contributed by atoms with Crippen LogP contribution in [0.2, 0.25) is 0 Å². The maximum Gasteiger partial charge on any atom is 0.341 e. The van der Waals surface area contributed by atoms with Crippen LogP contribution in [-0.4, -0.2) is 34.8 Å². The summed E-state index contributed by atoms with van der Waals surface area (Å²) in [6.45, 7) is 2.89. The molecule has 1 aromatic heterocycles. The molecular weight excluding hydrogens is 339 g/mol. The van der Waals surface area contributed by atoms with E-state index >= 15 is 4.39 Å². The van der Waals surface area contributed by atoms with Crippen molar-refractivity contribution in [3.05, 3.63) is 33.4 Å². The quantitative estimate of drug-likeness (QED) is 0.716. The summed E-state index contributed by atoms with van der Waals surface area (Å²) < 4.78 is 16.9. The number of fused-ring (bicyclic) bond motifs is 1. The summed E-state index contributed by atoms with van der Waals surface area (Å²) >= 11 is 0. The van der Waals surface area contributed by atoms with Crippen LogP contribution < -0.4 is 21.8 Å². The van der Waals surface area contributed by atoms with Crippen LogP contribution in [0, 0.1) is 12.7 Å². The number of aromatic carboxylic acids is 1. The van der Waals surface area contributed by atoms with E-state index in [2.05, 4.69) is 0 Å². The number of carbonyl (C=O) groups is 1. The van der Waals surface area contributed by atoms with E-state index in [1.807, 2.05) is 4.90 Å². The normalized spacial score (nSPS) is 20.1. The summed E-state index contributed by atoms with van der Waals surface area (Å²) in [6.07, 6.45) is 3.90. The molecule has 2 aromatic rings. The molecule has 0 bridgehead atoms. The fourth-order valence-corrected chi connectivity index (χ4v) is 3.94. The minimum absolute atomic E-state index is 0.0364. The zero-order valence-electron chi connectivity index (χ0n) is 14.5. The molecule has 2 aliphatic rings. The molecular formula is C18H21FN4O3. The lowest BCUT2D eigenvalue weighted by molar-refractivity contribution is 0.0695. The molecule has 1 aliphatic carbocycles. The Kier molecular flexibility index (Phi) is 3.69. The Morgan fingerprint density at radius 3 is 2.58 bits per heavy atom. The number of carboxylic acid groups (broad SMARTS) is 1. The second kappa shape index (κ2) is 5.70. The Morgan fingerprint density at radius 2 is 2.04 bits per heavy atom. The van der Waals surface area contributed by atoms with Gasteiger partial charge in [-0.15, -0.1) is 0 Å². The van der Waals surface area contributed by atoms with Crippen LogP contribution in [0.1, 0.15) is 41.2 Å². The highest BCUT2D eigenvalue weighted by molar-refractivity contribution is 6.01. The number of nitrogen functional groups attached to an aromatic ring is 1. The van der Waals surface area contributed by atoms with Gasteiger partial charge in [-0.3, -0.25) is 4.79 Å². The lowest BCUT2D eigenvalue weighted by Crippen LogP contribution is -2.28. The van der Waals surface area contributed by atoms with Crippen LogP contribution >= 0.6 is 0 Å². The van der Waals surface area contributed by atoms with Crippen LogP contribution in [0.15, 0.2) is 11.0 Å². The largest absolute Gasteiger partial charge is 0.477 e. The Morgan fingerprint density at radius 1 is 1.35 bits per heavy atom. The van der Waals surface area contributed by atoms with E-state index in [4.69, 9.17) is 11.5 Å². The molecule has 1 atom stereocenters. The molecule has 138 valence electrons. The summed E-state index contributed by atoms with van der Waals surface area (Å²) in [6, 6.07) is 0.0687. The van der Waals surface area contributed by atoms with E-state index in [1.54, 1.807) is 11.5 Å². The van der Waals surface area contributed by atoms with Crippen LogP contribution in [0.25, 0.3) is 10.9 Å². The lowest BCUT2D eigenvalue weighted by atomic mass is 10.0. The first-order chi connectivity index (χ1) is 12.3. The molecule has 1 aliphatic heterocycles. The van der Waals surface area contributed by atoms with Crippen molar-refractivity contribution in [1.82, 2.24) is 4.57 Å². The molecule has 1 aromatic carbocycles. The van der Waals surface area contributed by atoms with Crippen LogP contribution in [0.5, 0.6) is 0 Å². The molecule has 8 heteroatoms. The number of hydrogen-bond donors (Lipinski definition) is 3. The zero-order valence-corrected chi connectivity index (χ0v) is 14.5. The number of aromatic nitrogens is 1. The predicted octanol–water partition coefficient (Wildman–Crippen LogP) is 1.60. The van der Waals surface area contributed by atoms with Gasteiger partial charge in [-0.1, -0.05) is 0 Å². The molecule has 0 radical (unpaired) electrons. The molecule has 5 N–H and O–H groups in total. The van der Waals surface area contributed by atoms with Crippen LogP contribution in [0.4, 0.5) is 15.8 Å². The maximum atomic E-state index is 15.1. The van der Waals surface area contributed by atoms with Gasteiger partial charge >= 0.3 is 5.97 Å². The smallest absolute Gasteiger partial charge is 0.341 e. The van der Waals surface area contributed by atoms with Crippen molar-refractivity contribution < 1.29 is 14.3 Å². The standard InChI is InChI=1S/C18H21FN4O3/c1-8-15-12(14(21)13(19)16(8)22-5-4-9(20)6-22)17(24)11(18(25)26)7-23(15)10-2-3-10/h7,9-10H,2-6,20-21H2,1H3,(H,25,26)/t9-/m1/s1. The highest BCUT2D eigenvalue weighted by atomic mass is 19.1. The van der Waals surface area contributed by atoms with Gasteiger partial charge in [-0.25, -0.2) is 9.18 Å². The molecule has 7 nitrogen and oxygen atoms in total. The topological polar surface area (TPSA) is 115 Å². The first-order valence-corrected chi connectivity index (χ1v) is 8.71. The predicted molar refractivity (Wildman–Crippen MR) is 97.4 cm³/mol. The zero-order chi connectivity index (χ0) is 18.7. The second-order valence-electron chi connectivity index (χ2n) is 7.24. The minimum atomic E-state index is -1.33. The third kappa shape index (κ3) is 2.36. The maximum absolute atomic E-state index is 15.1. The summed E-state index contributed by atoms with van der Waals surface area (Å²) in [4.78, 5) is 26.0. The van der Waals surface area contributed by atoms with E-state index in [0.29, 0.717) is 29.9 Å². The average molecular weight is 360 g/mol. The number of benzene rings is 1. The number of carboxylic acids is 1. The molecule has 2 heterocycles. The van der Waals surface area contributed by atoms with Gasteiger partial charge in [-0.2, -0.15) is 0 Å². The van der Waals surface area contributed by atoms with Gasteiger partial charge in [0.25, 0.3) is 0 Å². The Balaban J connectivity index is 2.09. The highest BCUT2D eigenvalue weighted by Gasteiger charge is 2.32. The summed E-state index contributed by atoms with van der Waals surface area (Å²) in [5.74, 6) is -2.01. The van der Waals surface area contributed by atoms with Gasteiger partial charge in [0.2, 0.25) is 5.43 Å². The van der Waals surface area contributed by atoms with Gasteiger partial charge in [0.15, 0.2) is 5.82 Å². The van der Waals surface area contributed by atoms with Crippen LogP contribution in [0.3, 0.4) is 0 Å². The monoisotopic (exact) mass is 360 g/mol. The molecule has 0 spiro atoms. The van der Waals surface area contributed by atoms with Gasteiger partial charge in [-0.05, 0) is 31.7 Å². The van der Waals surface area contributed by atoms with Crippen molar-refractivity contribution in [3.63, 3.8) is 0 Å². The van der Waals surface area contributed by atoms with E-state index < -0.39 is 17.2 Å². The number of pyridine rings is 1. The summed E-state index contributed by atoms with van der Waals surface area (Å²) in [7, 11) is 0. The van der Waals surface area contributed by atoms with Crippen molar-refractivity contribution in [1.29, 1.82) is 0 Å². The Labute approximate surface area is 149 Å². The first kappa shape index (κ1) is 16.8. The fraction of sp³-hybridized carbons (Fsp3) is 0.444. The number of nitrogens with zero attached hydrogens (tertiary/aromatic N) is 2. The lowest BCUT2D eigenvalue weighted by Gasteiger charge is -2.25. The summed E-state index contributed by atoms with van der Waals surface area (Å²) in [5.41, 5.74) is 12.0. The summed E-state index contributed by atoms with van der Waals surface area (Å²) in [5, 5.41) is 9.33. The molecule has 2 fully saturated rings. The van der Waals surface area contributed by atoms with Crippen molar-refractivity contribution in [2.24, 2.45) is 5.73 Å². The van der Waals surface area contributed by atoms with Crippen molar-refractivity contribution in [2.45, 2.75) is 38.3 Å². The van der Waals surface area contributed by atoms with Crippen molar-refractivity contribution in [3.8, 4) is 0 Å². The molecule has 1 saturated carbocycles. The average Bonchev–Trinajstić information content (AvgIpc) is 3.34. The number of anilines is 2. The minimum Gasteiger partial charge on any atom is -0.477 e. The Hall–Kier alpha value is -2.61. The Bertz CT molecular complexity index is 997. The third-order valence-corrected chi connectivity index (χ3v) is 5.37. The molecule has 0 amide bonds. The molecule has 0 unspecified atom stereocenters. The van der Waals surface area contributed by atoms with E-state index in [9.17, 15) is 14.7 Å².